The number of ether oxygens (including phenoxy) is 5. The molecule has 6 rings (SSSR count). The average Bonchev–Trinajstić information content (AvgIpc) is 3.52. The number of hydrogen-bond acceptors (Lipinski definition) is 9. The van der Waals surface area contributed by atoms with Gasteiger partial charge in [-0.25, -0.2) is 0 Å². The molecule has 0 spiro atoms. The summed E-state index contributed by atoms with van der Waals surface area (Å²) >= 11 is 0. The molecule has 10 nitrogen and oxygen atoms in total. The number of para-hydroxylation sites is 1. The highest BCUT2D eigenvalue weighted by Gasteiger charge is 2.47. The van der Waals surface area contributed by atoms with Gasteiger partial charge in [-0.3, -0.25) is 4.79 Å². The van der Waals surface area contributed by atoms with E-state index >= 15 is 0 Å². The lowest BCUT2D eigenvalue weighted by molar-refractivity contribution is -0.131. The molecule has 2 heterocycles. The Bertz CT molecular complexity index is 1490. The van der Waals surface area contributed by atoms with Crippen molar-refractivity contribution >= 4 is 11.6 Å². The number of aryl methyl sites for hydroxylation is 1. The first kappa shape index (κ1) is 29.9. The van der Waals surface area contributed by atoms with Gasteiger partial charge in [0.05, 0.1) is 33.4 Å². The number of nitrogens with one attached hydrogen (secondary N) is 1. The molecule has 0 saturated heterocycles. The van der Waals surface area contributed by atoms with Crippen molar-refractivity contribution in [2.75, 3.05) is 59.3 Å². The van der Waals surface area contributed by atoms with Gasteiger partial charge in [0.25, 0.3) is 0 Å². The minimum absolute atomic E-state index is 0.0675. The molecule has 0 fully saturated rings. The quantitative estimate of drug-likeness (QED) is 0.297. The first-order valence-electron chi connectivity index (χ1n) is 15.1. The predicted octanol–water partition coefficient (Wildman–Crippen LogP) is 3.80. The van der Waals surface area contributed by atoms with Crippen molar-refractivity contribution in [3.63, 3.8) is 0 Å². The molecule has 10 heteroatoms. The molecule has 0 radical (unpaired) electrons. The van der Waals surface area contributed by atoms with Crippen LogP contribution in [0.4, 0.5) is 5.69 Å². The van der Waals surface area contributed by atoms with E-state index in [2.05, 4.69) is 34.5 Å². The Morgan fingerprint density at radius 2 is 1.70 bits per heavy atom. The van der Waals surface area contributed by atoms with Crippen LogP contribution in [0.15, 0.2) is 48.5 Å². The number of aliphatic hydroxyl groups is 2. The van der Waals surface area contributed by atoms with E-state index in [1.165, 1.54) is 18.4 Å². The van der Waals surface area contributed by atoms with E-state index in [0.717, 1.165) is 37.9 Å². The number of nitrogens with zero attached hydrogens (tertiary/aromatic N) is 1. The van der Waals surface area contributed by atoms with Gasteiger partial charge in [-0.15, -0.1) is 0 Å². The standard InChI is InChI=1S/C34H40N2O8/c1-40-28-14-21(15-29(41-2)33(28)42-3)30-22-16-26-27(44-19-43-26)17-23(22)32(38)24(18-37)31(30)34(39)35-11-7-13-36-12-6-9-20-8-4-5-10-25(20)36/h4-5,8,10,14-17,24,30-32,37-38H,6-7,9,11-13,18-19H2,1-3H3,(H,35,39)/t24-,30+,31-,32-/m0/s1. The monoisotopic (exact) mass is 604 g/mol. The number of aliphatic hydroxyl groups excluding tert-OH is 2. The summed E-state index contributed by atoms with van der Waals surface area (Å²) in [6.45, 7) is 1.94. The van der Waals surface area contributed by atoms with E-state index in [1.54, 1.807) is 20.3 Å². The van der Waals surface area contributed by atoms with Crippen molar-refractivity contribution in [3.05, 3.63) is 70.8 Å². The molecule has 0 unspecified atom stereocenters. The second kappa shape index (κ2) is 12.8. The number of methoxy groups -OCH3 is 3. The van der Waals surface area contributed by atoms with E-state index in [-0.39, 0.29) is 12.7 Å². The molecular formula is C34H40N2O8. The largest absolute Gasteiger partial charge is 0.493 e. The molecule has 234 valence electrons. The van der Waals surface area contributed by atoms with Crippen molar-refractivity contribution in [1.29, 1.82) is 0 Å². The SMILES string of the molecule is COc1cc([C@@H]2c3cc4c(cc3[C@H](O)[C@@H](CO)[C@@H]2C(=O)NCCCN2CCCc3ccccc32)OCO4)cc(OC)c1OC. The molecule has 4 atom stereocenters. The Hall–Kier alpha value is -4.15. The van der Waals surface area contributed by atoms with Gasteiger partial charge >= 0.3 is 0 Å². The van der Waals surface area contributed by atoms with Crippen LogP contribution in [0, 0.1) is 11.8 Å². The van der Waals surface area contributed by atoms with Crippen molar-refractivity contribution in [1.82, 2.24) is 5.32 Å². The highest BCUT2D eigenvalue weighted by Crippen LogP contribution is 2.53. The highest BCUT2D eigenvalue weighted by molar-refractivity contribution is 5.82. The lowest BCUT2D eigenvalue weighted by Crippen LogP contribution is -2.46. The van der Waals surface area contributed by atoms with Crippen LogP contribution in [0.3, 0.4) is 0 Å². The molecule has 1 aliphatic carbocycles. The number of anilines is 1. The Balaban J connectivity index is 1.32. The lowest BCUT2D eigenvalue weighted by Gasteiger charge is -2.41. The number of carbonyl (C=O) groups is 1. The number of amides is 1. The second-order valence-corrected chi connectivity index (χ2v) is 11.5. The maximum absolute atomic E-state index is 14.1. The van der Waals surface area contributed by atoms with E-state index in [1.807, 2.05) is 18.2 Å². The minimum Gasteiger partial charge on any atom is -0.493 e. The topological polar surface area (TPSA) is 119 Å². The van der Waals surface area contributed by atoms with Gasteiger partial charge in [0.2, 0.25) is 18.4 Å². The average molecular weight is 605 g/mol. The third kappa shape index (κ3) is 5.37. The number of carbonyl (C=O) groups excluding carboxylic acids is 1. The van der Waals surface area contributed by atoms with Crippen LogP contribution in [-0.4, -0.2) is 70.5 Å². The van der Waals surface area contributed by atoms with Crippen LogP contribution >= 0.6 is 0 Å². The fourth-order valence-corrected chi connectivity index (χ4v) is 7.04. The summed E-state index contributed by atoms with van der Waals surface area (Å²) in [5.41, 5.74) is 4.64. The number of benzene rings is 3. The summed E-state index contributed by atoms with van der Waals surface area (Å²) in [5, 5.41) is 25.3. The number of hydrogen-bond donors (Lipinski definition) is 3. The predicted molar refractivity (Wildman–Crippen MR) is 164 cm³/mol. The zero-order chi connectivity index (χ0) is 30.8. The normalized spacial score (nSPS) is 21.7. The smallest absolute Gasteiger partial charge is 0.231 e. The minimum atomic E-state index is -1.09. The van der Waals surface area contributed by atoms with Gasteiger partial charge in [-0.05, 0) is 71.8 Å². The van der Waals surface area contributed by atoms with Crippen molar-refractivity contribution in [3.8, 4) is 28.7 Å². The Kier molecular flexibility index (Phi) is 8.72. The molecule has 1 amide bonds. The molecule has 0 aromatic heterocycles. The molecular weight excluding hydrogens is 564 g/mol. The Labute approximate surface area is 257 Å². The van der Waals surface area contributed by atoms with Crippen molar-refractivity contribution in [2.24, 2.45) is 11.8 Å². The van der Waals surface area contributed by atoms with E-state index < -0.39 is 30.5 Å². The maximum atomic E-state index is 14.1. The van der Waals surface area contributed by atoms with Gasteiger partial charge < -0.3 is 44.1 Å². The van der Waals surface area contributed by atoms with E-state index in [9.17, 15) is 15.0 Å². The lowest BCUT2D eigenvalue weighted by atomic mass is 9.64. The number of rotatable bonds is 10. The maximum Gasteiger partial charge on any atom is 0.231 e. The van der Waals surface area contributed by atoms with Gasteiger partial charge in [0.15, 0.2) is 23.0 Å². The first-order chi connectivity index (χ1) is 21.5. The Morgan fingerprint density at radius 1 is 1.00 bits per heavy atom. The van der Waals surface area contributed by atoms with E-state index in [0.29, 0.717) is 46.4 Å². The number of fused-ring (bicyclic) bond motifs is 3. The second-order valence-electron chi connectivity index (χ2n) is 11.5. The molecule has 2 aliphatic heterocycles. The summed E-state index contributed by atoms with van der Waals surface area (Å²) in [7, 11) is 4.62. The van der Waals surface area contributed by atoms with Crippen LogP contribution in [0.1, 0.15) is 47.1 Å². The van der Waals surface area contributed by atoms with Gasteiger partial charge in [-0.1, -0.05) is 18.2 Å². The molecule has 3 aliphatic rings. The van der Waals surface area contributed by atoms with Crippen molar-refractivity contribution in [2.45, 2.75) is 31.3 Å². The Morgan fingerprint density at radius 3 is 2.39 bits per heavy atom. The van der Waals surface area contributed by atoms with Crippen LogP contribution in [0.2, 0.25) is 0 Å². The van der Waals surface area contributed by atoms with Crippen LogP contribution in [0.25, 0.3) is 0 Å². The molecule has 44 heavy (non-hydrogen) atoms. The third-order valence-corrected chi connectivity index (χ3v) is 9.13. The fourth-order valence-electron chi connectivity index (χ4n) is 7.04. The summed E-state index contributed by atoms with van der Waals surface area (Å²) < 4.78 is 28.1. The molecule has 3 N–H and O–H groups in total. The van der Waals surface area contributed by atoms with Gasteiger partial charge in [0, 0.05) is 43.8 Å². The molecule has 0 saturated carbocycles. The summed E-state index contributed by atoms with van der Waals surface area (Å²) in [5.74, 6) is -0.0236. The third-order valence-electron chi connectivity index (χ3n) is 9.13. The zero-order valence-electron chi connectivity index (χ0n) is 25.4. The first-order valence-corrected chi connectivity index (χ1v) is 15.1. The highest BCUT2D eigenvalue weighted by atomic mass is 16.7. The summed E-state index contributed by atoms with van der Waals surface area (Å²) in [6, 6.07) is 15.7. The van der Waals surface area contributed by atoms with Crippen LogP contribution in [-0.2, 0) is 11.2 Å². The van der Waals surface area contributed by atoms with Crippen molar-refractivity contribution < 1.29 is 38.7 Å². The van der Waals surface area contributed by atoms with Crippen LogP contribution in [0.5, 0.6) is 28.7 Å². The summed E-state index contributed by atoms with van der Waals surface area (Å²) in [4.78, 5) is 16.5. The molecule has 3 aromatic rings. The summed E-state index contributed by atoms with van der Waals surface area (Å²) in [6.07, 6.45) is 1.85. The van der Waals surface area contributed by atoms with Gasteiger partial charge in [-0.2, -0.15) is 0 Å². The molecule has 0 bridgehead atoms. The molecule has 3 aromatic carbocycles. The van der Waals surface area contributed by atoms with E-state index in [4.69, 9.17) is 23.7 Å². The van der Waals surface area contributed by atoms with Crippen LogP contribution < -0.4 is 33.9 Å². The van der Waals surface area contributed by atoms with Gasteiger partial charge in [0.1, 0.15) is 0 Å². The zero-order valence-corrected chi connectivity index (χ0v) is 25.4. The fraction of sp³-hybridized carbons (Fsp3) is 0.441.